The maximum Gasteiger partial charge on any atom is 0.315 e. The second-order valence-electron chi connectivity index (χ2n) is 16.1. The lowest BCUT2D eigenvalue weighted by Crippen LogP contribution is -2.64. The van der Waals surface area contributed by atoms with E-state index in [2.05, 4.69) is 27.2 Å². The summed E-state index contributed by atoms with van der Waals surface area (Å²) in [5.74, 6) is -0.318. The Labute approximate surface area is 319 Å². The van der Waals surface area contributed by atoms with Crippen LogP contribution in [0.2, 0.25) is 0 Å². The number of nitrogens with zero attached hydrogens (tertiary/aromatic N) is 1. The van der Waals surface area contributed by atoms with Crippen LogP contribution in [0.1, 0.15) is 137 Å². The van der Waals surface area contributed by atoms with Gasteiger partial charge >= 0.3 is 6.03 Å². The summed E-state index contributed by atoms with van der Waals surface area (Å²) < 4.78 is 24.7. The number of rotatable bonds is 16. The maximum absolute atomic E-state index is 14.7. The molecule has 3 aliphatic carbocycles. The SMILES string of the molecule is C#CCCC(NC(=O)[C@H](I)N(CCC)C(=O)[C@@H](NC(=O)NC1(CS(=O)(=O)C(C)(C)C)CCCCC1)C1(C)CCCCC1)C(=O)C(=O)NC1CCC1. The summed E-state index contributed by atoms with van der Waals surface area (Å²) in [6, 6.07) is -2.81. The average Bonchev–Trinajstić information content (AvgIpc) is 3.04. The number of carbonyl (C=O) groups is 5. The number of nitrogens with one attached hydrogen (secondary N) is 4. The van der Waals surface area contributed by atoms with Gasteiger partial charge in [-0.2, -0.15) is 0 Å². The number of ketones is 1. The van der Waals surface area contributed by atoms with Gasteiger partial charge < -0.3 is 26.2 Å². The molecule has 0 aromatic heterocycles. The molecule has 0 aromatic rings. The van der Waals surface area contributed by atoms with Crippen molar-refractivity contribution >= 4 is 62.0 Å². The van der Waals surface area contributed by atoms with Crippen molar-refractivity contribution in [2.45, 2.75) is 170 Å². The lowest BCUT2D eigenvalue weighted by Gasteiger charge is -2.44. The van der Waals surface area contributed by atoms with Crippen molar-refractivity contribution in [3.05, 3.63) is 0 Å². The van der Waals surface area contributed by atoms with E-state index in [1.165, 1.54) is 4.90 Å². The van der Waals surface area contributed by atoms with Crippen molar-refractivity contribution in [3.8, 4) is 12.3 Å². The zero-order chi connectivity index (χ0) is 38.0. The fourth-order valence-corrected chi connectivity index (χ4v) is 9.55. The van der Waals surface area contributed by atoms with Crippen molar-refractivity contribution in [2.24, 2.45) is 5.41 Å². The van der Waals surface area contributed by atoms with Crippen LogP contribution in [0.25, 0.3) is 0 Å². The third kappa shape index (κ3) is 11.5. The van der Waals surface area contributed by atoms with Crippen LogP contribution in [0, 0.1) is 17.8 Å². The molecule has 0 aliphatic heterocycles. The summed E-state index contributed by atoms with van der Waals surface area (Å²) in [5.41, 5.74) is -1.58. The summed E-state index contributed by atoms with van der Waals surface area (Å²) in [5, 5.41) is 11.4. The van der Waals surface area contributed by atoms with Gasteiger partial charge in [-0.15, -0.1) is 12.3 Å². The molecule has 0 aromatic carbocycles. The van der Waals surface area contributed by atoms with Gasteiger partial charge in [0.1, 0.15) is 6.04 Å². The van der Waals surface area contributed by atoms with Crippen LogP contribution in [0.5, 0.6) is 0 Å². The van der Waals surface area contributed by atoms with Gasteiger partial charge in [0, 0.05) is 19.0 Å². The summed E-state index contributed by atoms with van der Waals surface area (Å²) in [6.45, 7) is 9.05. The minimum atomic E-state index is -3.58. The second-order valence-corrected chi connectivity index (χ2v) is 20.0. The van der Waals surface area contributed by atoms with E-state index in [0.29, 0.717) is 32.1 Å². The molecule has 3 atom stereocenters. The predicted octanol–water partition coefficient (Wildman–Crippen LogP) is 4.68. The molecule has 3 aliphatic rings. The Hall–Kier alpha value is -2.41. The number of sulfone groups is 1. The van der Waals surface area contributed by atoms with Crippen molar-refractivity contribution in [2.75, 3.05) is 12.3 Å². The van der Waals surface area contributed by atoms with Crippen LogP contribution in [0.3, 0.4) is 0 Å². The van der Waals surface area contributed by atoms with Crippen molar-refractivity contribution in [1.82, 2.24) is 26.2 Å². The van der Waals surface area contributed by atoms with E-state index in [9.17, 15) is 32.4 Å². The number of halogens is 1. The van der Waals surface area contributed by atoms with Crippen molar-refractivity contribution in [1.29, 1.82) is 0 Å². The van der Waals surface area contributed by atoms with Crippen molar-refractivity contribution in [3.63, 3.8) is 0 Å². The third-order valence-corrected chi connectivity index (χ3v) is 15.0. The van der Waals surface area contributed by atoms with Crippen LogP contribution in [0.15, 0.2) is 0 Å². The lowest BCUT2D eigenvalue weighted by molar-refractivity contribution is -0.143. The zero-order valence-electron chi connectivity index (χ0n) is 31.2. The van der Waals surface area contributed by atoms with Gasteiger partial charge in [0.25, 0.3) is 11.8 Å². The largest absolute Gasteiger partial charge is 0.347 e. The first-order chi connectivity index (χ1) is 23.9. The van der Waals surface area contributed by atoms with Gasteiger partial charge in [0.05, 0.1) is 22.1 Å². The van der Waals surface area contributed by atoms with E-state index < -0.39 is 71.2 Å². The minimum Gasteiger partial charge on any atom is -0.347 e. The molecule has 5 amide bonds. The maximum atomic E-state index is 14.7. The first-order valence-electron chi connectivity index (χ1n) is 18.7. The average molecular weight is 846 g/mol. The monoisotopic (exact) mass is 845 g/mol. The van der Waals surface area contributed by atoms with Gasteiger partial charge in [-0.3, -0.25) is 19.2 Å². The van der Waals surface area contributed by atoms with Gasteiger partial charge in [0.15, 0.2) is 13.9 Å². The molecule has 288 valence electrons. The predicted molar refractivity (Wildman–Crippen MR) is 207 cm³/mol. The zero-order valence-corrected chi connectivity index (χ0v) is 34.2. The normalized spacial score (nSPS) is 20.6. The molecule has 0 radical (unpaired) electrons. The molecule has 0 spiro atoms. The van der Waals surface area contributed by atoms with Gasteiger partial charge in [0.2, 0.25) is 11.7 Å². The van der Waals surface area contributed by atoms with E-state index in [0.717, 1.165) is 57.8 Å². The van der Waals surface area contributed by atoms with Gasteiger partial charge in [-0.05, 0) is 107 Å². The van der Waals surface area contributed by atoms with Gasteiger partial charge in [-0.25, -0.2) is 13.2 Å². The third-order valence-electron chi connectivity index (χ3n) is 10.9. The van der Waals surface area contributed by atoms with E-state index >= 15 is 0 Å². The Morgan fingerprint density at radius 1 is 0.941 bits per heavy atom. The summed E-state index contributed by atoms with van der Waals surface area (Å²) >= 11 is 1.87. The first kappa shape index (κ1) is 43.0. The van der Waals surface area contributed by atoms with E-state index in [-0.39, 0.29) is 31.2 Å². The van der Waals surface area contributed by atoms with Crippen molar-refractivity contribution < 1.29 is 32.4 Å². The first-order valence-corrected chi connectivity index (χ1v) is 21.6. The van der Waals surface area contributed by atoms with Gasteiger partial charge in [-0.1, -0.05) is 52.4 Å². The van der Waals surface area contributed by atoms with Crippen LogP contribution >= 0.6 is 22.6 Å². The Bertz CT molecular complexity index is 1410. The Morgan fingerprint density at radius 3 is 2.04 bits per heavy atom. The Morgan fingerprint density at radius 2 is 1.53 bits per heavy atom. The molecule has 51 heavy (non-hydrogen) atoms. The minimum absolute atomic E-state index is 0.0564. The molecule has 3 rings (SSSR count). The number of terminal acetylenes is 1. The number of amides is 5. The molecule has 4 N–H and O–H groups in total. The molecular formula is C37H60IN5O7S. The Kier molecular flexibility index (Phi) is 15.7. The quantitative estimate of drug-likeness (QED) is 0.0575. The summed E-state index contributed by atoms with van der Waals surface area (Å²) in [6.07, 6.45) is 16.5. The highest BCUT2D eigenvalue weighted by molar-refractivity contribution is 14.1. The smallest absolute Gasteiger partial charge is 0.315 e. The number of carbonyl (C=O) groups excluding carboxylic acids is 5. The highest BCUT2D eigenvalue weighted by Gasteiger charge is 2.47. The number of urea groups is 1. The molecule has 12 nitrogen and oxygen atoms in total. The highest BCUT2D eigenvalue weighted by atomic mass is 127. The van der Waals surface area contributed by atoms with E-state index in [4.69, 9.17) is 6.42 Å². The fraction of sp³-hybridized carbons (Fsp3) is 0.811. The molecule has 3 fully saturated rings. The van der Waals surface area contributed by atoms with E-state index in [1.54, 1.807) is 20.8 Å². The lowest BCUT2D eigenvalue weighted by atomic mass is 9.70. The standard InChI is InChI=1S/C37H60IN5O7S/c1-7-9-19-27(28(44)31(45)39-26-17-16-18-26)40-32(46)30(38)43(24-8-2)33(47)29(36(6)20-12-10-13-21-36)41-34(48)42-37(22-14-11-15-23-37)25-51(49,50)35(3,4)5/h1,26-27,29-30H,8-25H2,2-6H3,(H,39,45)(H,40,46)(H2,41,42,48)/t27?,29-,30-/m1/s1. The molecule has 3 saturated carbocycles. The van der Waals surface area contributed by atoms with Crippen LogP contribution in [-0.2, 0) is 29.0 Å². The van der Waals surface area contributed by atoms with Crippen LogP contribution in [0.4, 0.5) is 4.79 Å². The fourth-order valence-electron chi connectivity index (χ4n) is 7.29. The number of Topliss-reactive ketones (excluding diaryl/α,β-unsaturated/α-hetero) is 1. The Balaban J connectivity index is 1.86. The molecule has 14 heteroatoms. The topological polar surface area (TPSA) is 171 Å². The highest BCUT2D eigenvalue weighted by Crippen LogP contribution is 2.40. The second kappa shape index (κ2) is 18.6. The molecule has 0 heterocycles. The molecule has 0 saturated heterocycles. The van der Waals surface area contributed by atoms with Crippen LogP contribution in [-0.4, -0.2) is 87.6 Å². The summed E-state index contributed by atoms with van der Waals surface area (Å²) in [4.78, 5) is 69.7. The number of alkyl halides is 1. The molecule has 0 bridgehead atoms. The number of hydrogen-bond acceptors (Lipinski definition) is 7. The molecule has 1 unspecified atom stereocenters. The van der Waals surface area contributed by atoms with E-state index in [1.807, 2.05) is 36.4 Å². The summed E-state index contributed by atoms with van der Waals surface area (Å²) in [7, 11) is -3.58. The number of hydrogen-bond donors (Lipinski definition) is 4. The van der Waals surface area contributed by atoms with Crippen LogP contribution < -0.4 is 21.3 Å². The molecular weight excluding hydrogens is 785 g/mol.